The van der Waals surface area contributed by atoms with E-state index in [9.17, 15) is 0 Å². The number of benzene rings is 1. The van der Waals surface area contributed by atoms with Crippen LogP contribution in [0.1, 0.15) is 5.56 Å². The lowest BCUT2D eigenvalue weighted by Gasteiger charge is -2.10. The SMILES string of the molecule is COCOc1ccc(C#N)cc1B(O)O. The smallest absolute Gasteiger partial charge is 0.468 e. The third kappa shape index (κ3) is 2.96. The molecule has 0 atom stereocenters. The molecule has 0 heterocycles. The molecule has 0 saturated carbocycles. The van der Waals surface area contributed by atoms with E-state index in [1.807, 2.05) is 6.07 Å². The zero-order valence-corrected chi connectivity index (χ0v) is 8.17. The van der Waals surface area contributed by atoms with Crippen molar-refractivity contribution in [1.29, 1.82) is 5.26 Å². The van der Waals surface area contributed by atoms with Crippen molar-refractivity contribution in [3.8, 4) is 11.8 Å². The van der Waals surface area contributed by atoms with Crippen LogP contribution in [0.2, 0.25) is 0 Å². The molecule has 0 radical (unpaired) electrons. The molecule has 0 unspecified atom stereocenters. The van der Waals surface area contributed by atoms with E-state index in [1.165, 1.54) is 25.3 Å². The highest BCUT2D eigenvalue weighted by molar-refractivity contribution is 6.59. The van der Waals surface area contributed by atoms with Crippen LogP contribution >= 0.6 is 0 Å². The van der Waals surface area contributed by atoms with Gasteiger partial charge in [-0.2, -0.15) is 5.26 Å². The van der Waals surface area contributed by atoms with Crippen LogP contribution in [0.5, 0.6) is 5.75 Å². The Morgan fingerprint density at radius 3 is 2.73 bits per heavy atom. The van der Waals surface area contributed by atoms with Crippen molar-refractivity contribution < 1.29 is 19.5 Å². The Morgan fingerprint density at radius 2 is 2.20 bits per heavy atom. The molecule has 0 fully saturated rings. The molecular weight excluding hydrogens is 197 g/mol. The standard InChI is InChI=1S/C9H10BNO4/c1-14-6-15-9-3-2-7(5-11)4-8(9)10(12)13/h2-4,12-13H,6H2,1H3. The van der Waals surface area contributed by atoms with Crippen LogP contribution in [0.3, 0.4) is 0 Å². The van der Waals surface area contributed by atoms with Gasteiger partial charge < -0.3 is 19.5 Å². The first-order valence-corrected chi connectivity index (χ1v) is 4.21. The quantitative estimate of drug-likeness (QED) is 0.499. The second-order valence-corrected chi connectivity index (χ2v) is 2.79. The van der Waals surface area contributed by atoms with E-state index in [0.717, 1.165) is 0 Å². The van der Waals surface area contributed by atoms with Gasteiger partial charge in [-0.1, -0.05) is 0 Å². The summed E-state index contributed by atoms with van der Waals surface area (Å²) in [7, 11) is -0.219. The van der Waals surface area contributed by atoms with Gasteiger partial charge in [-0.3, -0.25) is 0 Å². The molecule has 1 aromatic rings. The summed E-state index contributed by atoms with van der Waals surface area (Å²) in [5.41, 5.74) is 0.481. The molecule has 1 rings (SSSR count). The zero-order chi connectivity index (χ0) is 11.3. The van der Waals surface area contributed by atoms with Gasteiger partial charge in [0, 0.05) is 12.6 Å². The lowest BCUT2D eigenvalue weighted by Crippen LogP contribution is -2.32. The highest BCUT2D eigenvalue weighted by Crippen LogP contribution is 2.09. The van der Waals surface area contributed by atoms with Crippen molar-refractivity contribution in [3.05, 3.63) is 23.8 Å². The molecule has 0 aliphatic rings. The lowest BCUT2D eigenvalue weighted by molar-refractivity contribution is 0.0517. The van der Waals surface area contributed by atoms with Crippen molar-refractivity contribution in [2.75, 3.05) is 13.9 Å². The first-order valence-electron chi connectivity index (χ1n) is 4.21. The molecule has 0 aliphatic carbocycles. The maximum atomic E-state index is 9.05. The second-order valence-electron chi connectivity index (χ2n) is 2.79. The minimum Gasteiger partial charge on any atom is -0.468 e. The van der Waals surface area contributed by atoms with Gasteiger partial charge >= 0.3 is 7.12 Å². The molecule has 0 amide bonds. The monoisotopic (exact) mass is 207 g/mol. The van der Waals surface area contributed by atoms with Crippen LogP contribution in [0.4, 0.5) is 0 Å². The summed E-state index contributed by atoms with van der Waals surface area (Å²) in [5, 5.41) is 26.7. The number of nitriles is 1. The Bertz CT molecular complexity index is 375. The van der Waals surface area contributed by atoms with Crippen molar-refractivity contribution in [2.45, 2.75) is 0 Å². The molecule has 6 heteroatoms. The van der Waals surface area contributed by atoms with Crippen molar-refractivity contribution >= 4 is 12.6 Å². The first kappa shape index (κ1) is 11.5. The zero-order valence-electron chi connectivity index (χ0n) is 8.17. The summed E-state index contributed by atoms with van der Waals surface area (Å²) in [6, 6.07) is 6.27. The van der Waals surface area contributed by atoms with Gasteiger partial charge in [0.25, 0.3) is 0 Å². The van der Waals surface area contributed by atoms with Gasteiger partial charge in [0.15, 0.2) is 6.79 Å². The van der Waals surface area contributed by atoms with Crippen molar-refractivity contribution in [1.82, 2.24) is 0 Å². The summed E-state index contributed by atoms with van der Waals surface area (Å²) in [5.74, 6) is 0.283. The Balaban J connectivity index is 3.00. The Labute approximate surface area is 87.6 Å². The van der Waals surface area contributed by atoms with Gasteiger partial charge in [0.1, 0.15) is 5.75 Å². The summed E-state index contributed by atoms with van der Waals surface area (Å²) < 4.78 is 9.78. The third-order valence-electron chi connectivity index (χ3n) is 1.75. The number of ether oxygens (including phenoxy) is 2. The van der Waals surface area contributed by atoms with E-state index in [-0.39, 0.29) is 18.0 Å². The van der Waals surface area contributed by atoms with E-state index < -0.39 is 7.12 Å². The summed E-state index contributed by atoms with van der Waals surface area (Å²) >= 11 is 0. The Hall–Kier alpha value is -1.55. The van der Waals surface area contributed by atoms with Crippen LogP contribution in [0.15, 0.2) is 18.2 Å². The minimum atomic E-state index is -1.68. The molecule has 15 heavy (non-hydrogen) atoms. The number of methoxy groups -OCH3 is 1. The molecule has 2 N–H and O–H groups in total. The summed E-state index contributed by atoms with van der Waals surface area (Å²) in [6.45, 7) is 0.00558. The third-order valence-corrected chi connectivity index (χ3v) is 1.75. The average Bonchev–Trinajstić information content (AvgIpc) is 2.26. The van der Waals surface area contributed by atoms with Gasteiger partial charge in [0.05, 0.1) is 11.6 Å². The van der Waals surface area contributed by atoms with Crippen molar-refractivity contribution in [2.24, 2.45) is 0 Å². The Morgan fingerprint density at radius 1 is 1.47 bits per heavy atom. The summed E-state index contributed by atoms with van der Waals surface area (Å²) in [6.07, 6.45) is 0. The molecule has 0 saturated heterocycles. The highest BCUT2D eigenvalue weighted by Gasteiger charge is 2.17. The molecule has 0 aromatic heterocycles. The topological polar surface area (TPSA) is 82.7 Å². The van der Waals surface area contributed by atoms with Crippen LogP contribution in [0.25, 0.3) is 0 Å². The van der Waals surface area contributed by atoms with Crippen molar-refractivity contribution in [3.63, 3.8) is 0 Å². The maximum Gasteiger partial charge on any atom is 0.492 e. The molecular formula is C9H10BNO4. The fraction of sp³-hybridized carbons (Fsp3) is 0.222. The van der Waals surface area contributed by atoms with Crippen LogP contribution in [0, 0.1) is 11.3 Å². The second kappa shape index (κ2) is 5.36. The number of hydrogen-bond donors (Lipinski definition) is 2. The number of hydrogen-bond acceptors (Lipinski definition) is 5. The Kier molecular flexibility index (Phi) is 4.12. The van der Waals surface area contributed by atoms with E-state index in [2.05, 4.69) is 4.74 Å². The van der Waals surface area contributed by atoms with Gasteiger partial charge in [0.2, 0.25) is 0 Å². The van der Waals surface area contributed by atoms with Gasteiger partial charge in [-0.25, -0.2) is 0 Å². The normalized spacial score (nSPS) is 9.47. The molecule has 78 valence electrons. The predicted molar refractivity (Wildman–Crippen MR) is 53.5 cm³/mol. The number of rotatable bonds is 4. The molecule has 5 nitrogen and oxygen atoms in total. The summed E-state index contributed by atoms with van der Waals surface area (Å²) in [4.78, 5) is 0. The largest absolute Gasteiger partial charge is 0.492 e. The van der Waals surface area contributed by atoms with E-state index in [4.69, 9.17) is 20.0 Å². The molecule has 0 bridgehead atoms. The predicted octanol–water partition coefficient (Wildman–Crippen LogP) is -0.779. The van der Waals surface area contributed by atoms with E-state index in [0.29, 0.717) is 5.56 Å². The van der Waals surface area contributed by atoms with Crippen LogP contribution in [-0.4, -0.2) is 31.1 Å². The van der Waals surface area contributed by atoms with Crippen LogP contribution in [-0.2, 0) is 4.74 Å². The number of nitrogens with zero attached hydrogens (tertiary/aromatic N) is 1. The fourth-order valence-corrected chi connectivity index (χ4v) is 1.07. The average molecular weight is 207 g/mol. The fourth-order valence-electron chi connectivity index (χ4n) is 1.07. The highest BCUT2D eigenvalue weighted by atomic mass is 16.7. The maximum absolute atomic E-state index is 9.05. The van der Waals surface area contributed by atoms with E-state index in [1.54, 1.807) is 0 Å². The lowest BCUT2D eigenvalue weighted by atomic mass is 9.79. The van der Waals surface area contributed by atoms with Gasteiger partial charge in [-0.15, -0.1) is 0 Å². The minimum absolute atomic E-state index is 0.00558. The molecule has 1 aromatic carbocycles. The molecule has 0 aliphatic heterocycles. The first-order chi connectivity index (χ1) is 7.19. The van der Waals surface area contributed by atoms with E-state index >= 15 is 0 Å². The molecule has 0 spiro atoms. The van der Waals surface area contributed by atoms with Crippen LogP contribution < -0.4 is 10.2 Å². The van der Waals surface area contributed by atoms with Gasteiger partial charge in [-0.05, 0) is 18.2 Å².